The number of nitrogens with two attached hydrogens (primary N) is 1. The molecule has 0 aliphatic rings. The van der Waals surface area contributed by atoms with Crippen molar-refractivity contribution in [2.24, 2.45) is 0 Å². The third-order valence-corrected chi connectivity index (χ3v) is 3.05. The standard InChI is InChI=1S/C12H8ClN5O2.Na/c13-10-8(11(19)20)3-7(5-15-10)6-1-2-18-9(4-6)16-12(14)17-18;/h1-5H,(H2,14,17)(H,19,20);/q;+1/p-1. The first kappa shape index (κ1) is 15.7. The largest absolute Gasteiger partial charge is 1.00 e. The van der Waals surface area contributed by atoms with Crippen LogP contribution in [0.25, 0.3) is 16.8 Å². The van der Waals surface area contributed by atoms with Crippen LogP contribution in [0.15, 0.2) is 30.6 Å². The van der Waals surface area contributed by atoms with Gasteiger partial charge in [-0.1, -0.05) is 11.6 Å². The van der Waals surface area contributed by atoms with Gasteiger partial charge in [-0.25, -0.2) is 9.50 Å². The van der Waals surface area contributed by atoms with E-state index in [1.807, 2.05) is 0 Å². The quantitative estimate of drug-likeness (QED) is 0.410. The second-order valence-electron chi connectivity index (χ2n) is 4.04. The molecule has 9 heteroatoms. The molecule has 3 aromatic heterocycles. The maximum atomic E-state index is 10.9. The number of halogens is 1. The molecule has 0 atom stereocenters. The number of fused-ring (bicyclic) bond motifs is 1. The number of carboxylic acid groups (broad SMARTS) is 1. The average molecular weight is 312 g/mol. The molecular weight excluding hydrogens is 305 g/mol. The van der Waals surface area contributed by atoms with Crippen LogP contribution in [0.4, 0.5) is 5.95 Å². The van der Waals surface area contributed by atoms with Gasteiger partial charge in [-0.3, -0.25) is 0 Å². The van der Waals surface area contributed by atoms with E-state index in [1.165, 1.54) is 16.8 Å². The van der Waals surface area contributed by atoms with Crippen LogP contribution in [0.3, 0.4) is 0 Å². The number of carbonyl (C=O) groups is 1. The summed E-state index contributed by atoms with van der Waals surface area (Å²) in [6.07, 6.45) is 3.14. The van der Waals surface area contributed by atoms with Crippen molar-refractivity contribution in [3.05, 3.63) is 41.3 Å². The van der Waals surface area contributed by atoms with E-state index in [-0.39, 0.29) is 46.2 Å². The van der Waals surface area contributed by atoms with Crippen molar-refractivity contribution in [3.63, 3.8) is 0 Å². The van der Waals surface area contributed by atoms with Gasteiger partial charge in [-0.2, -0.15) is 4.98 Å². The van der Waals surface area contributed by atoms with Gasteiger partial charge < -0.3 is 15.6 Å². The summed E-state index contributed by atoms with van der Waals surface area (Å²) in [6, 6.07) is 4.86. The van der Waals surface area contributed by atoms with Crippen LogP contribution in [-0.2, 0) is 0 Å². The van der Waals surface area contributed by atoms with Gasteiger partial charge >= 0.3 is 29.6 Å². The Morgan fingerprint density at radius 1 is 1.33 bits per heavy atom. The number of pyridine rings is 2. The number of anilines is 1. The minimum atomic E-state index is -1.38. The predicted molar refractivity (Wildman–Crippen MR) is 70.0 cm³/mol. The molecule has 100 valence electrons. The van der Waals surface area contributed by atoms with Crippen LogP contribution in [0.2, 0.25) is 5.15 Å². The number of carboxylic acids is 1. The first-order chi connectivity index (χ1) is 9.54. The third kappa shape index (κ3) is 3.01. The molecule has 0 aromatic carbocycles. The maximum Gasteiger partial charge on any atom is 1.00 e. The molecular formula is C12H7ClN5NaO2. The van der Waals surface area contributed by atoms with E-state index in [9.17, 15) is 9.90 Å². The summed E-state index contributed by atoms with van der Waals surface area (Å²) < 4.78 is 1.52. The van der Waals surface area contributed by atoms with E-state index >= 15 is 0 Å². The zero-order valence-corrected chi connectivity index (χ0v) is 13.7. The molecule has 3 aromatic rings. The van der Waals surface area contributed by atoms with Crippen LogP contribution < -0.4 is 40.4 Å². The van der Waals surface area contributed by atoms with E-state index in [0.29, 0.717) is 11.2 Å². The second-order valence-corrected chi connectivity index (χ2v) is 4.40. The van der Waals surface area contributed by atoms with Crippen LogP contribution >= 0.6 is 11.6 Å². The summed E-state index contributed by atoms with van der Waals surface area (Å²) in [5, 5.41) is 14.8. The molecule has 0 saturated heterocycles. The van der Waals surface area contributed by atoms with Crippen molar-refractivity contribution in [3.8, 4) is 11.1 Å². The number of carbonyl (C=O) groups excluding carboxylic acids is 1. The molecule has 0 saturated carbocycles. The second kappa shape index (κ2) is 5.98. The Balaban J connectivity index is 0.00000161. The van der Waals surface area contributed by atoms with Gasteiger partial charge in [-0.15, -0.1) is 5.10 Å². The SMILES string of the molecule is Nc1nc2cc(-c3cnc(Cl)c(C(=O)[O-])c3)ccn2n1.[Na+]. The Labute approximate surface area is 146 Å². The Kier molecular flexibility index (Phi) is 4.48. The van der Waals surface area contributed by atoms with Gasteiger partial charge in [0.25, 0.3) is 0 Å². The molecule has 0 spiro atoms. The van der Waals surface area contributed by atoms with Gasteiger partial charge in [-0.05, 0) is 23.8 Å². The Bertz CT molecular complexity index is 836. The number of nitrogen functional groups attached to an aromatic ring is 1. The molecule has 3 heterocycles. The van der Waals surface area contributed by atoms with Crippen LogP contribution in [0.5, 0.6) is 0 Å². The van der Waals surface area contributed by atoms with Crippen LogP contribution in [-0.4, -0.2) is 25.6 Å². The maximum absolute atomic E-state index is 10.9. The number of rotatable bonds is 2. The van der Waals surface area contributed by atoms with Crippen LogP contribution in [0, 0.1) is 0 Å². The summed E-state index contributed by atoms with van der Waals surface area (Å²) >= 11 is 5.70. The van der Waals surface area contributed by atoms with Crippen molar-refractivity contribution >= 4 is 29.2 Å². The normalized spacial score (nSPS) is 10.3. The number of nitrogens with zero attached hydrogens (tertiary/aromatic N) is 4. The van der Waals surface area contributed by atoms with Crippen molar-refractivity contribution in [1.29, 1.82) is 0 Å². The Morgan fingerprint density at radius 2 is 2.10 bits per heavy atom. The Morgan fingerprint density at radius 3 is 2.81 bits per heavy atom. The van der Waals surface area contributed by atoms with Crippen molar-refractivity contribution < 1.29 is 39.5 Å². The fourth-order valence-corrected chi connectivity index (χ4v) is 2.01. The molecule has 7 nitrogen and oxygen atoms in total. The Hall–Kier alpha value is -1.67. The zero-order chi connectivity index (χ0) is 14.3. The van der Waals surface area contributed by atoms with Gasteiger partial charge in [0.15, 0.2) is 5.65 Å². The molecule has 21 heavy (non-hydrogen) atoms. The average Bonchev–Trinajstić information content (AvgIpc) is 2.78. The fraction of sp³-hybridized carbons (Fsp3) is 0. The van der Waals surface area contributed by atoms with E-state index in [4.69, 9.17) is 17.3 Å². The number of aromatic carboxylic acids is 1. The van der Waals surface area contributed by atoms with Crippen LogP contribution in [0.1, 0.15) is 10.4 Å². The third-order valence-electron chi connectivity index (χ3n) is 2.75. The van der Waals surface area contributed by atoms with Gasteiger partial charge in [0, 0.05) is 23.5 Å². The van der Waals surface area contributed by atoms with E-state index in [0.717, 1.165) is 5.56 Å². The molecule has 0 fully saturated rings. The molecule has 0 amide bonds. The predicted octanol–water partition coefficient (Wildman–Crippen LogP) is -2.61. The molecule has 0 bridgehead atoms. The zero-order valence-electron chi connectivity index (χ0n) is 10.9. The molecule has 0 aliphatic heterocycles. The van der Waals surface area contributed by atoms with Crippen molar-refractivity contribution in [1.82, 2.24) is 19.6 Å². The monoisotopic (exact) mass is 311 g/mol. The molecule has 0 aliphatic carbocycles. The first-order valence-corrected chi connectivity index (χ1v) is 5.91. The summed E-state index contributed by atoms with van der Waals surface area (Å²) in [5.41, 5.74) is 7.19. The molecule has 3 rings (SSSR count). The van der Waals surface area contributed by atoms with Gasteiger partial charge in [0.1, 0.15) is 5.15 Å². The van der Waals surface area contributed by atoms with Gasteiger partial charge in [0.2, 0.25) is 5.95 Å². The first-order valence-electron chi connectivity index (χ1n) is 5.54. The van der Waals surface area contributed by atoms with Gasteiger partial charge in [0.05, 0.1) is 5.97 Å². The number of aromatic nitrogens is 4. The van der Waals surface area contributed by atoms with E-state index in [2.05, 4.69) is 15.1 Å². The number of hydrogen-bond acceptors (Lipinski definition) is 6. The summed E-state index contributed by atoms with van der Waals surface area (Å²) in [6.45, 7) is 0. The fourth-order valence-electron chi connectivity index (χ4n) is 1.83. The van der Waals surface area contributed by atoms with E-state index in [1.54, 1.807) is 18.3 Å². The number of hydrogen-bond donors (Lipinski definition) is 1. The minimum absolute atomic E-state index is 0. The topological polar surface area (TPSA) is 109 Å². The van der Waals surface area contributed by atoms with E-state index < -0.39 is 5.97 Å². The van der Waals surface area contributed by atoms with Crippen molar-refractivity contribution in [2.45, 2.75) is 0 Å². The smallest absolute Gasteiger partial charge is 0.545 e. The minimum Gasteiger partial charge on any atom is -0.545 e. The summed E-state index contributed by atoms with van der Waals surface area (Å²) in [4.78, 5) is 18.8. The summed E-state index contributed by atoms with van der Waals surface area (Å²) in [7, 11) is 0. The molecule has 0 radical (unpaired) electrons. The molecule has 2 N–H and O–H groups in total. The summed E-state index contributed by atoms with van der Waals surface area (Å²) in [5.74, 6) is -1.22. The molecule has 0 unspecified atom stereocenters. The van der Waals surface area contributed by atoms with Crippen molar-refractivity contribution in [2.75, 3.05) is 5.73 Å².